The Balaban J connectivity index is 2.41. The van der Waals surface area contributed by atoms with Crippen LogP contribution >= 0.6 is 0 Å². The van der Waals surface area contributed by atoms with Crippen molar-refractivity contribution in [3.8, 4) is 17.2 Å². The number of ketones is 1. The fourth-order valence-corrected chi connectivity index (χ4v) is 3.08. The lowest BCUT2D eigenvalue weighted by Gasteiger charge is -2.25. The molecule has 0 atom stereocenters. The summed E-state index contributed by atoms with van der Waals surface area (Å²) in [5, 5.41) is 9.44. The molecule has 31 heavy (non-hydrogen) atoms. The maximum absolute atomic E-state index is 12.6. The zero-order valence-corrected chi connectivity index (χ0v) is 19.5. The molecule has 0 saturated carbocycles. The standard InChI is InChI=1S/C27H36O4/c1-6-8-16-30-25-19-26(31-17-9-7-2)23(27(3,4)5)18-21(25)12-15-24(29)20-10-13-22(28)14-11-20/h10-15,18-19,28H,6-9,16-17H2,1-5H3/b15-12+. The van der Waals surface area contributed by atoms with Crippen LogP contribution in [0.1, 0.15) is 81.8 Å². The van der Waals surface area contributed by atoms with Crippen LogP contribution in [0.5, 0.6) is 17.2 Å². The molecule has 4 nitrogen and oxygen atoms in total. The Morgan fingerprint density at radius 2 is 1.52 bits per heavy atom. The summed E-state index contributed by atoms with van der Waals surface area (Å²) in [6.07, 6.45) is 7.44. The minimum absolute atomic E-state index is 0.118. The Morgan fingerprint density at radius 3 is 2.06 bits per heavy atom. The maximum atomic E-state index is 12.6. The van der Waals surface area contributed by atoms with Crippen LogP contribution in [-0.4, -0.2) is 24.1 Å². The van der Waals surface area contributed by atoms with Gasteiger partial charge in [-0.1, -0.05) is 47.5 Å². The zero-order chi connectivity index (χ0) is 22.9. The predicted octanol–water partition coefficient (Wildman–Crippen LogP) is 6.94. The summed E-state index contributed by atoms with van der Waals surface area (Å²) in [5.74, 6) is 1.58. The molecule has 2 aromatic carbocycles. The Hall–Kier alpha value is -2.75. The zero-order valence-electron chi connectivity index (χ0n) is 19.5. The largest absolute Gasteiger partial charge is 0.508 e. The van der Waals surface area contributed by atoms with Gasteiger partial charge in [0.2, 0.25) is 0 Å². The number of benzene rings is 2. The third kappa shape index (κ3) is 7.46. The van der Waals surface area contributed by atoms with Crippen molar-refractivity contribution in [2.75, 3.05) is 13.2 Å². The number of phenols is 1. The van der Waals surface area contributed by atoms with E-state index in [-0.39, 0.29) is 16.9 Å². The van der Waals surface area contributed by atoms with Crippen LogP contribution in [0.2, 0.25) is 0 Å². The molecule has 2 rings (SSSR count). The van der Waals surface area contributed by atoms with Crippen molar-refractivity contribution < 1.29 is 19.4 Å². The minimum atomic E-state index is -0.125. The quantitative estimate of drug-likeness (QED) is 0.241. The van der Waals surface area contributed by atoms with E-state index >= 15 is 0 Å². The van der Waals surface area contributed by atoms with Crippen molar-refractivity contribution in [3.05, 3.63) is 59.2 Å². The molecule has 2 aromatic rings. The van der Waals surface area contributed by atoms with Gasteiger partial charge >= 0.3 is 0 Å². The minimum Gasteiger partial charge on any atom is -0.508 e. The molecule has 0 aliphatic rings. The Morgan fingerprint density at radius 1 is 0.935 bits per heavy atom. The van der Waals surface area contributed by atoms with Crippen LogP contribution in [0, 0.1) is 0 Å². The summed E-state index contributed by atoms with van der Waals surface area (Å²) < 4.78 is 12.2. The van der Waals surface area contributed by atoms with E-state index in [9.17, 15) is 9.90 Å². The predicted molar refractivity (Wildman–Crippen MR) is 127 cm³/mol. The number of ether oxygens (including phenoxy) is 2. The topological polar surface area (TPSA) is 55.8 Å². The van der Waals surface area contributed by atoms with Gasteiger partial charge in [0.1, 0.15) is 17.2 Å². The summed E-state index contributed by atoms with van der Waals surface area (Å²) in [6.45, 7) is 12.0. The molecular formula is C27H36O4. The van der Waals surface area contributed by atoms with E-state index in [2.05, 4.69) is 40.7 Å². The Bertz CT molecular complexity index is 873. The van der Waals surface area contributed by atoms with E-state index in [1.807, 2.05) is 12.1 Å². The molecule has 0 aromatic heterocycles. The first-order valence-corrected chi connectivity index (χ1v) is 11.2. The molecule has 0 amide bonds. The highest BCUT2D eigenvalue weighted by molar-refractivity contribution is 6.07. The van der Waals surface area contributed by atoms with Gasteiger partial charge in [0, 0.05) is 22.8 Å². The second-order valence-electron chi connectivity index (χ2n) is 8.78. The number of rotatable bonds is 11. The lowest BCUT2D eigenvalue weighted by atomic mass is 9.85. The lowest BCUT2D eigenvalue weighted by molar-refractivity contribution is 0.104. The fraction of sp³-hybridized carbons (Fsp3) is 0.444. The van der Waals surface area contributed by atoms with Crippen molar-refractivity contribution in [1.29, 1.82) is 0 Å². The number of carbonyl (C=O) groups is 1. The van der Waals surface area contributed by atoms with E-state index in [1.165, 1.54) is 12.1 Å². The van der Waals surface area contributed by atoms with Crippen LogP contribution in [-0.2, 0) is 5.41 Å². The monoisotopic (exact) mass is 424 g/mol. The van der Waals surface area contributed by atoms with E-state index in [4.69, 9.17) is 9.47 Å². The van der Waals surface area contributed by atoms with E-state index in [0.717, 1.165) is 48.3 Å². The summed E-state index contributed by atoms with van der Waals surface area (Å²) in [4.78, 5) is 12.6. The van der Waals surface area contributed by atoms with Crippen molar-refractivity contribution in [1.82, 2.24) is 0 Å². The molecule has 0 bridgehead atoms. The van der Waals surface area contributed by atoms with Gasteiger partial charge < -0.3 is 14.6 Å². The van der Waals surface area contributed by atoms with Gasteiger partial charge in [-0.15, -0.1) is 0 Å². The van der Waals surface area contributed by atoms with Crippen molar-refractivity contribution >= 4 is 11.9 Å². The first-order valence-electron chi connectivity index (χ1n) is 11.2. The number of carbonyl (C=O) groups excluding carboxylic acids is 1. The van der Waals surface area contributed by atoms with Crippen molar-refractivity contribution in [3.63, 3.8) is 0 Å². The van der Waals surface area contributed by atoms with Gasteiger partial charge in [0.25, 0.3) is 0 Å². The second kappa shape index (κ2) is 11.6. The van der Waals surface area contributed by atoms with E-state index in [0.29, 0.717) is 18.8 Å². The molecule has 0 aliphatic carbocycles. The van der Waals surface area contributed by atoms with Crippen LogP contribution < -0.4 is 9.47 Å². The normalized spacial score (nSPS) is 11.6. The number of unbranched alkanes of at least 4 members (excludes halogenated alkanes) is 2. The first kappa shape index (κ1) is 24.5. The van der Waals surface area contributed by atoms with E-state index < -0.39 is 0 Å². The van der Waals surface area contributed by atoms with Crippen LogP contribution in [0.4, 0.5) is 0 Å². The summed E-state index contributed by atoms with van der Waals surface area (Å²) in [5.41, 5.74) is 2.35. The second-order valence-corrected chi connectivity index (χ2v) is 8.78. The number of phenolic OH excluding ortho intramolecular Hbond substituents is 1. The summed E-state index contributed by atoms with van der Waals surface area (Å²) in [6, 6.07) is 10.3. The highest BCUT2D eigenvalue weighted by Crippen LogP contribution is 2.37. The van der Waals surface area contributed by atoms with Gasteiger partial charge in [-0.3, -0.25) is 4.79 Å². The molecule has 0 heterocycles. The molecular weight excluding hydrogens is 388 g/mol. The molecule has 0 saturated heterocycles. The maximum Gasteiger partial charge on any atom is 0.185 e. The third-order valence-corrected chi connectivity index (χ3v) is 5.00. The molecule has 168 valence electrons. The average molecular weight is 425 g/mol. The summed E-state index contributed by atoms with van der Waals surface area (Å²) >= 11 is 0. The first-order chi connectivity index (χ1) is 14.8. The Kier molecular flexibility index (Phi) is 9.17. The van der Waals surface area contributed by atoms with Gasteiger partial charge in [-0.2, -0.15) is 0 Å². The number of allylic oxidation sites excluding steroid dienone is 1. The van der Waals surface area contributed by atoms with E-state index in [1.54, 1.807) is 18.2 Å². The third-order valence-electron chi connectivity index (χ3n) is 5.00. The number of hydrogen-bond acceptors (Lipinski definition) is 4. The Labute approximate surface area is 186 Å². The van der Waals surface area contributed by atoms with Gasteiger partial charge in [0.15, 0.2) is 5.78 Å². The highest BCUT2D eigenvalue weighted by Gasteiger charge is 2.22. The molecule has 0 radical (unpaired) electrons. The molecule has 0 spiro atoms. The van der Waals surface area contributed by atoms with Crippen LogP contribution in [0.25, 0.3) is 6.08 Å². The van der Waals surface area contributed by atoms with Crippen LogP contribution in [0.3, 0.4) is 0 Å². The highest BCUT2D eigenvalue weighted by atomic mass is 16.5. The summed E-state index contributed by atoms with van der Waals surface area (Å²) in [7, 11) is 0. The van der Waals surface area contributed by atoms with Gasteiger partial charge in [0.05, 0.1) is 13.2 Å². The molecule has 0 unspecified atom stereocenters. The lowest BCUT2D eigenvalue weighted by Crippen LogP contribution is -2.15. The molecule has 0 fully saturated rings. The van der Waals surface area contributed by atoms with Crippen LogP contribution in [0.15, 0.2) is 42.5 Å². The van der Waals surface area contributed by atoms with Crippen molar-refractivity contribution in [2.24, 2.45) is 0 Å². The fourth-order valence-electron chi connectivity index (χ4n) is 3.08. The molecule has 1 N–H and O–H groups in total. The SMILES string of the molecule is CCCCOc1cc(OCCCC)c(C(C)(C)C)cc1/C=C/C(=O)c1ccc(O)cc1. The average Bonchev–Trinajstić information content (AvgIpc) is 2.72. The van der Waals surface area contributed by atoms with Crippen molar-refractivity contribution in [2.45, 2.75) is 65.7 Å². The smallest absolute Gasteiger partial charge is 0.185 e. The number of hydrogen-bond donors (Lipinski definition) is 1. The van der Waals surface area contributed by atoms with Gasteiger partial charge in [-0.05, 0) is 60.7 Å². The molecule has 4 heteroatoms. The van der Waals surface area contributed by atoms with Gasteiger partial charge in [-0.25, -0.2) is 0 Å². The number of aromatic hydroxyl groups is 1. The molecule has 0 aliphatic heterocycles.